The van der Waals surface area contributed by atoms with Crippen LogP contribution in [0.2, 0.25) is 0 Å². The second kappa shape index (κ2) is 7.75. The number of carboxylic acids is 2. The topological polar surface area (TPSA) is 133 Å². The molecule has 1 saturated heterocycles. The molecule has 9 nitrogen and oxygen atoms in total. The first-order chi connectivity index (χ1) is 11.8. The van der Waals surface area contributed by atoms with Crippen LogP contribution in [0.1, 0.15) is 18.9 Å². The fourth-order valence-corrected chi connectivity index (χ4v) is 2.43. The highest BCUT2D eigenvalue weighted by Crippen LogP contribution is 2.22. The molecule has 0 aromatic heterocycles. The van der Waals surface area contributed by atoms with Crippen LogP contribution in [0.15, 0.2) is 30.3 Å². The van der Waals surface area contributed by atoms with E-state index in [0.29, 0.717) is 5.06 Å². The Hall–Kier alpha value is -2.94. The number of amides is 2. The van der Waals surface area contributed by atoms with Gasteiger partial charge in [-0.25, -0.2) is 14.7 Å². The minimum absolute atomic E-state index is 0.0550. The third-order valence-electron chi connectivity index (χ3n) is 3.69. The van der Waals surface area contributed by atoms with Gasteiger partial charge in [0.05, 0.1) is 6.42 Å². The number of hydrogen-bond donors (Lipinski definition) is 3. The maximum Gasteiger partial charge on any atom is 0.335 e. The van der Waals surface area contributed by atoms with Crippen molar-refractivity contribution in [2.24, 2.45) is 0 Å². The minimum Gasteiger partial charge on any atom is -0.480 e. The average molecular weight is 350 g/mol. The Morgan fingerprint density at radius 2 is 1.84 bits per heavy atom. The minimum atomic E-state index is -1.42. The van der Waals surface area contributed by atoms with Gasteiger partial charge in [-0.3, -0.25) is 14.4 Å². The van der Waals surface area contributed by atoms with E-state index in [9.17, 15) is 19.2 Å². The van der Waals surface area contributed by atoms with Crippen molar-refractivity contribution in [1.82, 2.24) is 10.4 Å². The molecule has 0 aliphatic carbocycles. The molecule has 2 amide bonds. The second-order valence-electron chi connectivity index (χ2n) is 5.64. The molecular weight excluding hydrogens is 332 g/mol. The van der Waals surface area contributed by atoms with Crippen molar-refractivity contribution in [3.63, 3.8) is 0 Å². The summed E-state index contributed by atoms with van der Waals surface area (Å²) >= 11 is 0. The normalized spacial score (nSPS) is 20.8. The van der Waals surface area contributed by atoms with E-state index in [-0.39, 0.29) is 12.8 Å². The van der Waals surface area contributed by atoms with Crippen LogP contribution in [0.25, 0.3) is 0 Å². The number of hydroxylamine groups is 2. The predicted molar refractivity (Wildman–Crippen MR) is 83.1 cm³/mol. The molecule has 1 fully saturated rings. The van der Waals surface area contributed by atoms with Crippen LogP contribution >= 0.6 is 0 Å². The first-order valence-electron chi connectivity index (χ1n) is 7.58. The van der Waals surface area contributed by atoms with Crippen LogP contribution < -0.4 is 5.32 Å². The number of benzene rings is 1. The Balaban J connectivity index is 1.99. The van der Waals surface area contributed by atoms with E-state index >= 15 is 0 Å². The van der Waals surface area contributed by atoms with Crippen LogP contribution in [0.3, 0.4) is 0 Å². The van der Waals surface area contributed by atoms with Gasteiger partial charge in [0.25, 0.3) is 5.91 Å². The molecule has 0 saturated carbocycles. The standard InChI is InChI=1S/C16H18N2O7/c1-9(17-13(19)7-10-5-3-2-4-6-10)14(20)18-11(15(21)22)8-12(25-18)16(23)24/h2-6,9,11-12H,7-8H2,1H3,(H,17,19)(H,21,22)(H,23,24)/t9-,11-,12+/m1/s1. The lowest BCUT2D eigenvalue weighted by Crippen LogP contribution is -2.50. The van der Waals surface area contributed by atoms with Crippen LogP contribution in [0.5, 0.6) is 0 Å². The molecule has 1 heterocycles. The van der Waals surface area contributed by atoms with Crippen LogP contribution in [0, 0.1) is 0 Å². The van der Waals surface area contributed by atoms with Crippen molar-refractivity contribution in [3.8, 4) is 0 Å². The predicted octanol–water partition coefficient (Wildman–Crippen LogP) is -0.196. The third kappa shape index (κ3) is 4.54. The number of nitrogens with one attached hydrogen (secondary N) is 1. The molecule has 3 atom stereocenters. The van der Waals surface area contributed by atoms with E-state index < -0.39 is 41.9 Å². The van der Waals surface area contributed by atoms with Gasteiger partial charge in [-0.1, -0.05) is 30.3 Å². The number of nitrogens with zero attached hydrogens (tertiary/aromatic N) is 1. The zero-order valence-electron chi connectivity index (χ0n) is 13.4. The van der Waals surface area contributed by atoms with E-state index in [0.717, 1.165) is 5.56 Å². The zero-order chi connectivity index (χ0) is 18.6. The Labute approximate surface area is 143 Å². The summed E-state index contributed by atoms with van der Waals surface area (Å²) in [5.41, 5.74) is 0.756. The summed E-state index contributed by atoms with van der Waals surface area (Å²) in [6.45, 7) is 1.38. The summed E-state index contributed by atoms with van der Waals surface area (Å²) in [7, 11) is 0. The van der Waals surface area contributed by atoms with Crippen LogP contribution in [-0.4, -0.2) is 57.2 Å². The molecule has 0 spiro atoms. The maximum absolute atomic E-state index is 12.3. The van der Waals surface area contributed by atoms with E-state index in [1.54, 1.807) is 24.3 Å². The first kappa shape index (κ1) is 18.4. The number of carboxylic acid groups (broad SMARTS) is 2. The van der Waals surface area contributed by atoms with Crippen molar-refractivity contribution < 1.29 is 34.2 Å². The molecule has 0 radical (unpaired) electrons. The summed E-state index contributed by atoms with van der Waals surface area (Å²) < 4.78 is 0. The van der Waals surface area contributed by atoms with Crippen molar-refractivity contribution in [1.29, 1.82) is 0 Å². The molecule has 1 aromatic rings. The highest BCUT2D eigenvalue weighted by Gasteiger charge is 2.45. The van der Waals surface area contributed by atoms with Gasteiger partial charge in [0, 0.05) is 6.42 Å². The van der Waals surface area contributed by atoms with Gasteiger partial charge in [0.2, 0.25) is 5.91 Å². The zero-order valence-corrected chi connectivity index (χ0v) is 13.4. The number of rotatable bonds is 6. The van der Waals surface area contributed by atoms with Crippen molar-refractivity contribution in [3.05, 3.63) is 35.9 Å². The molecule has 25 heavy (non-hydrogen) atoms. The monoisotopic (exact) mass is 350 g/mol. The number of aliphatic carboxylic acids is 2. The van der Waals surface area contributed by atoms with Gasteiger partial charge in [-0.05, 0) is 12.5 Å². The number of carbonyl (C=O) groups is 4. The summed E-state index contributed by atoms with van der Waals surface area (Å²) in [6, 6.07) is 6.40. The lowest BCUT2D eigenvalue weighted by Gasteiger charge is -2.23. The maximum atomic E-state index is 12.3. The summed E-state index contributed by atoms with van der Waals surface area (Å²) in [6.07, 6.45) is -1.72. The summed E-state index contributed by atoms with van der Waals surface area (Å²) in [5, 5.41) is 21.1. The van der Waals surface area contributed by atoms with Gasteiger partial charge >= 0.3 is 11.9 Å². The molecular formula is C16H18N2O7. The van der Waals surface area contributed by atoms with Gasteiger partial charge in [-0.2, -0.15) is 0 Å². The van der Waals surface area contributed by atoms with E-state index in [4.69, 9.17) is 15.1 Å². The third-order valence-corrected chi connectivity index (χ3v) is 3.69. The Kier molecular flexibility index (Phi) is 5.71. The molecule has 1 aromatic carbocycles. The SMILES string of the molecule is C[C@@H](NC(=O)Cc1ccccc1)C(=O)N1O[C@H](C(=O)O)C[C@@H]1C(=O)O. The van der Waals surface area contributed by atoms with E-state index in [1.165, 1.54) is 6.92 Å². The lowest BCUT2D eigenvalue weighted by atomic mass is 10.1. The molecule has 0 bridgehead atoms. The Bertz CT molecular complexity index is 676. The van der Waals surface area contributed by atoms with Crippen LogP contribution in [-0.2, 0) is 30.4 Å². The number of hydrogen-bond acceptors (Lipinski definition) is 5. The van der Waals surface area contributed by atoms with E-state index in [1.807, 2.05) is 6.07 Å². The molecule has 9 heteroatoms. The second-order valence-corrected chi connectivity index (χ2v) is 5.64. The van der Waals surface area contributed by atoms with Gasteiger partial charge < -0.3 is 15.5 Å². The number of carbonyl (C=O) groups excluding carboxylic acids is 2. The highest BCUT2D eigenvalue weighted by atomic mass is 16.7. The smallest absolute Gasteiger partial charge is 0.335 e. The molecule has 1 aliphatic heterocycles. The van der Waals surface area contributed by atoms with E-state index in [2.05, 4.69) is 5.32 Å². The van der Waals surface area contributed by atoms with Gasteiger partial charge in [0.1, 0.15) is 6.04 Å². The average Bonchev–Trinajstić information content (AvgIpc) is 3.00. The Morgan fingerprint density at radius 1 is 1.20 bits per heavy atom. The summed E-state index contributed by atoms with van der Waals surface area (Å²) in [4.78, 5) is 51.5. The van der Waals surface area contributed by atoms with Crippen molar-refractivity contribution in [2.75, 3.05) is 0 Å². The molecule has 0 unspecified atom stereocenters. The quantitative estimate of drug-likeness (QED) is 0.647. The largest absolute Gasteiger partial charge is 0.480 e. The summed E-state index contributed by atoms with van der Waals surface area (Å²) in [5.74, 6) is -3.98. The molecule has 3 N–H and O–H groups in total. The Morgan fingerprint density at radius 3 is 2.40 bits per heavy atom. The van der Waals surface area contributed by atoms with Crippen molar-refractivity contribution >= 4 is 23.8 Å². The van der Waals surface area contributed by atoms with Gasteiger partial charge in [-0.15, -0.1) is 0 Å². The van der Waals surface area contributed by atoms with Crippen molar-refractivity contribution in [2.45, 2.75) is 38.0 Å². The lowest BCUT2D eigenvalue weighted by molar-refractivity contribution is -0.200. The fraction of sp³-hybridized carbons (Fsp3) is 0.375. The molecule has 1 aliphatic rings. The fourth-order valence-electron chi connectivity index (χ4n) is 2.43. The molecule has 2 rings (SSSR count). The van der Waals surface area contributed by atoms with Crippen LogP contribution in [0.4, 0.5) is 0 Å². The molecule has 134 valence electrons. The highest BCUT2D eigenvalue weighted by molar-refractivity contribution is 5.91. The first-order valence-corrected chi connectivity index (χ1v) is 7.58. The van der Waals surface area contributed by atoms with Gasteiger partial charge in [0.15, 0.2) is 12.1 Å².